The van der Waals surface area contributed by atoms with E-state index in [-0.39, 0.29) is 26.9 Å². The molecule has 1 aliphatic heterocycles. The topological polar surface area (TPSA) is 110 Å². The monoisotopic (exact) mass is 496 g/mol. The van der Waals surface area contributed by atoms with Gasteiger partial charge in [0.1, 0.15) is 16.2 Å². The summed E-state index contributed by atoms with van der Waals surface area (Å²) in [5.74, 6) is -1.65. The number of amides is 4. The number of aryl methyl sites for hydroxylation is 1. The second-order valence-corrected chi connectivity index (χ2v) is 9.28. The van der Waals surface area contributed by atoms with Crippen LogP contribution in [0.1, 0.15) is 11.1 Å². The fraction of sp³-hybridized carbons (Fsp3) is 0.0417. The molecule has 0 bridgehead atoms. The number of anilines is 1. The number of hydrogen-bond acceptors (Lipinski definition) is 6. The zero-order chi connectivity index (χ0) is 24.5. The first-order chi connectivity index (χ1) is 16.2. The molecule has 4 rings (SSSR count). The first-order valence-corrected chi connectivity index (χ1v) is 11.7. The van der Waals surface area contributed by atoms with Crippen molar-refractivity contribution in [1.29, 1.82) is 0 Å². The number of urea groups is 1. The number of carbonyl (C=O) groups excluding carboxylic acids is 3. The minimum atomic E-state index is -4.03. The summed E-state index contributed by atoms with van der Waals surface area (Å²) in [6.07, 6.45) is 1.28. The minimum absolute atomic E-state index is 0.0121. The quantitative estimate of drug-likeness (QED) is 0.324. The molecule has 10 heteroatoms. The molecule has 4 amide bonds. The summed E-state index contributed by atoms with van der Waals surface area (Å²) in [5, 5.41) is 2.28. The Morgan fingerprint density at radius 3 is 2.21 bits per heavy atom. The van der Waals surface area contributed by atoms with Crippen LogP contribution < -0.4 is 14.4 Å². The van der Waals surface area contributed by atoms with Crippen LogP contribution in [-0.2, 0) is 19.7 Å². The van der Waals surface area contributed by atoms with Crippen molar-refractivity contribution >= 4 is 51.3 Å². The SMILES string of the molecule is Cc1ccc(S(=O)(=O)Oc2ccc(/C=C3\C(=O)NC(=O)N(c4ccccc4Cl)C3=O)cc2)cc1. The highest BCUT2D eigenvalue weighted by molar-refractivity contribution is 7.87. The van der Waals surface area contributed by atoms with E-state index in [1.807, 2.05) is 6.92 Å². The lowest BCUT2D eigenvalue weighted by Gasteiger charge is -2.27. The van der Waals surface area contributed by atoms with Gasteiger partial charge in [-0.3, -0.25) is 14.9 Å². The average Bonchev–Trinajstić information content (AvgIpc) is 2.79. The van der Waals surface area contributed by atoms with Gasteiger partial charge in [-0.15, -0.1) is 0 Å². The standard InChI is InChI=1S/C24H17ClN2O6S/c1-15-6-12-18(13-7-15)34(31,32)33-17-10-8-16(9-11-17)14-19-22(28)26-24(30)27(23(19)29)21-5-3-2-4-20(21)25/h2-14H,1H3,(H,26,28,30)/b19-14+. The van der Waals surface area contributed by atoms with Gasteiger partial charge in [0.15, 0.2) is 0 Å². The number of nitrogens with zero attached hydrogens (tertiary/aromatic N) is 1. The van der Waals surface area contributed by atoms with Crippen molar-refractivity contribution in [3.63, 3.8) is 0 Å². The maximum atomic E-state index is 13.0. The number of imide groups is 2. The van der Waals surface area contributed by atoms with E-state index in [2.05, 4.69) is 5.32 Å². The average molecular weight is 497 g/mol. The smallest absolute Gasteiger partial charge is 0.339 e. The fourth-order valence-corrected chi connectivity index (χ4v) is 4.33. The largest absolute Gasteiger partial charge is 0.379 e. The third-order valence-electron chi connectivity index (χ3n) is 4.90. The van der Waals surface area contributed by atoms with Gasteiger partial charge in [-0.25, -0.2) is 9.69 Å². The predicted octanol–water partition coefficient (Wildman–Crippen LogP) is 4.08. The molecule has 172 valence electrons. The van der Waals surface area contributed by atoms with Gasteiger partial charge in [-0.05, 0) is 55.0 Å². The van der Waals surface area contributed by atoms with Crippen LogP contribution >= 0.6 is 11.6 Å². The Kier molecular flexibility index (Phi) is 6.23. The van der Waals surface area contributed by atoms with Crippen LogP contribution in [-0.4, -0.2) is 26.3 Å². The number of hydrogen-bond donors (Lipinski definition) is 1. The van der Waals surface area contributed by atoms with Crippen LogP contribution in [0.25, 0.3) is 6.08 Å². The number of para-hydroxylation sites is 1. The van der Waals surface area contributed by atoms with Crippen LogP contribution in [0.3, 0.4) is 0 Å². The molecule has 0 saturated carbocycles. The Labute approximate surface area is 200 Å². The first kappa shape index (κ1) is 23.2. The molecule has 0 radical (unpaired) electrons. The highest BCUT2D eigenvalue weighted by Crippen LogP contribution is 2.29. The molecular weight excluding hydrogens is 480 g/mol. The van der Waals surface area contributed by atoms with Crippen LogP contribution in [0, 0.1) is 6.92 Å². The third kappa shape index (κ3) is 4.70. The van der Waals surface area contributed by atoms with E-state index in [9.17, 15) is 22.8 Å². The summed E-state index contributed by atoms with van der Waals surface area (Å²) in [6, 6.07) is 17.3. The third-order valence-corrected chi connectivity index (χ3v) is 6.48. The number of benzene rings is 3. The Morgan fingerprint density at radius 1 is 0.912 bits per heavy atom. The summed E-state index contributed by atoms with van der Waals surface area (Å²) in [6.45, 7) is 1.84. The normalized spacial score (nSPS) is 15.4. The van der Waals surface area contributed by atoms with Gasteiger partial charge < -0.3 is 4.18 Å². The fourth-order valence-electron chi connectivity index (χ4n) is 3.18. The Bertz CT molecular complexity index is 1430. The number of halogens is 1. The van der Waals surface area contributed by atoms with Crippen LogP contribution in [0.5, 0.6) is 5.75 Å². The predicted molar refractivity (Wildman–Crippen MR) is 126 cm³/mol. The van der Waals surface area contributed by atoms with Crippen molar-refractivity contribution in [2.75, 3.05) is 4.90 Å². The summed E-state index contributed by atoms with van der Waals surface area (Å²) in [4.78, 5) is 38.4. The Hall–Kier alpha value is -3.95. The molecule has 3 aromatic carbocycles. The van der Waals surface area contributed by atoms with E-state index in [1.54, 1.807) is 24.3 Å². The number of carbonyl (C=O) groups is 3. The molecule has 1 heterocycles. The summed E-state index contributed by atoms with van der Waals surface area (Å²) >= 11 is 6.11. The molecule has 0 atom stereocenters. The second kappa shape index (κ2) is 9.12. The maximum absolute atomic E-state index is 13.0. The summed E-state index contributed by atoms with van der Waals surface area (Å²) < 4.78 is 30.1. The molecule has 1 saturated heterocycles. The van der Waals surface area contributed by atoms with E-state index in [1.165, 1.54) is 54.6 Å². The van der Waals surface area contributed by atoms with Crippen LogP contribution in [0.4, 0.5) is 10.5 Å². The maximum Gasteiger partial charge on any atom is 0.339 e. The van der Waals surface area contributed by atoms with Gasteiger partial charge in [-0.2, -0.15) is 8.42 Å². The van der Waals surface area contributed by atoms with Crippen molar-refractivity contribution in [2.24, 2.45) is 0 Å². The van der Waals surface area contributed by atoms with Crippen molar-refractivity contribution in [3.05, 3.63) is 94.5 Å². The van der Waals surface area contributed by atoms with Crippen molar-refractivity contribution in [2.45, 2.75) is 11.8 Å². The molecule has 0 spiro atoms. The highest BCUT2D eigenvalue weighted by Gasteiger charge is 2.37. The summed E-state index contributed by atoms with van der Waals surface area (Å²) in [5.41, 5.74) is 1.16. The van der Waals surface area contributed by atoms with Gasteiger partial charge in [-0.1, -0.05) is 53.6 Å². The molecule has 0 aliphatic carbocycles. The highest BCUT2D eigenvalue weighted by atomic mass is 35.5. The van der Waals surface area contributed by atoms with E-state index in [0.717, 1.165) is 10.5 Å². The van der Waals surface area contributed by atoms with E-state index in [4.69, 9.17) is 15.8 Å². The van der Waals surface area contributed by atoms with Crippen molar-refractivity contribution < 1.29 is 27.0 Å². The lowest BCUT2D eigenvalue weighted by molar-refractivity contribution is -0.122. The zero-order valence-corrected chi connectivity index (χ0v) is 19.3. The van der Waals surface area contributed by atoms with Crippen LogP contribution in [0.2, 0.25) is 5.02 Å². The summed E-state index contributed by atoms with van der Waals surface area (Å²) in [7, 11) is -4.03. The molecule has 0 unspecified atom stereocenters. The van der Waals surface area contributed by atoms with Crippen LogP contribution in [0.15, 0.2) is 83.3 Å². The van der Waals surface area contributed by atoms with E-state index in [0.29, 0.717) is 5.56 Å². The van der Waals surface area contributed by atoms with E-state index < -0.39 is 28.0 Å². The number of rotatable bonds is 5. The van der Waals surface area contributed by atoms with Gasteiger partial charge in [0.2, 0.25) is 0 Å². The molecule has 1 aliphatic rings. The van der Waals surface area contributed by atoms with Crippen molar-refractivity contribution in [3.8, 4) is 5.75 Å². The Morgan fingerprint density at radius 2 is 1.56 bits per heavy atom. The second-order valence-electron chi connectivity index (χ2n) is 7.33. The first-order valence-electron chi connectivity index (χ1n) is 9.93. The number of barbiturate groups is 1. The lowest BCUT2D eigenvalue weighted by Crippen LogP contribution is -2.54. The van der Waals surface area contributed by atoms with Gasteiger partial charge in [0.25, 0.3) is 11.8 Å². The minimum Gasteiger partial charge on any atom is -0.379 e. The van der Waals surface area contributed by atoms with Crippen molar-refractivity contribution in [1.82, 2.24) is 5.32 Å². The van der Waals surface area contributed by atoms with Gasteiger partial charge in [0, 0.05) is 0 Å². The van der Waals surface area contributed by atoms with Gasteiger partial charge >= 0.3 is 16.1 Å². The molecule has 34 heavy (non-hydrogen) atoms. The Balaban J connectivity index is 1.58. The zero-order valence-electron chi connectivity index (χ0n) is 17.7. The van der Waals surface area contributed by atoms with Gasteiger partial charge in [0.05, 0.1) is 10.7 Å². The van der Waals surface area contributed by atoms with E-state index >= 15 is 0 Å². The molecule has 1 N–H and O–H groups in total. The lowest BCUT2D eigenvalue weighted by atomic mass is 10.1. The number of nitrogens with one attached hydrogen (secondary N) is 1. The molecule has 3 aromatic rings. The molecule has 8 nitrogen and oxygen atoms in total. The molecular formula is C24H17ClN2O6S. The molecule has 1 fully saturated rings. The molecule has 0 aromatic heterocycles.